The molecule has 0 bridgehead atoms. The highest BCUT2D eigenvalue weighted by molar-refractivity contribution is 6.10. The largest absolute Gasteiger partial charge is 0.480 e. The van der Waals surface area contributed by atoms with Crippen molar-refractivity contribution in [3.8, 4) is 0 Å². The fraction of sp³-hybridized carbons (Fsp3) is 0.526. The van der Waals surface area contributed by atoms with Gasteiger partial charge in [0.1, 0.15) is 12.0 Å². The summed E-state index contributed by atoms with van der Waals surface area (Å²) in [5, 5.41) is 11.7. The molecule has 0 aliphatic carbocycles. The molecule has 2 N–H and O–H groups in total. The number of hydrogen-bond acceptors (Lipinski definition) is 3. The predicted molar refractivity (Wildman–Crippen MR) is 95.5 cm³/mol. The van der Waals surface area contributed by atoms with E-state index in [1.807, 2.05) is 31.2 Å². The van der Waals surface area contributed by atoms with Gasteiger partial charge in [0, 0.05) is 12.2 Å². The zero-order chi connectivity index (χ0) is 18.6. The Bertz CT molecular complexity index is 639. The molecular formula is C19H26N2O4. The molecule has 2 atom stereocenters. The highest BCUT2D eigenvalue weighted by Gasteiger charge is 2.38. The number of anilines is 1. The monoisotopic (exact) mass is 346 g/mol. The summed E-state index contributed by atoms with van der Waals surface area (Å²) in [5.41, 5.74) is 1.96. The molecule has 0 aromatic heterocycles. The van der Waals surface area contributed by atoms with Crippen molar-refractivity contribution in [1.82, 2.24) is 5.32 Å². The van der Waals surface area contributed by atoms with Gasteiger partial charge in [0.2, 0.25) is 11.8 Å². The van der Waals surface area contributed by atoms with E-state index in [0.29, 0.717) is 31.7 Å². The lowest BCUT2D eigenvalue weighted by Crippen LogP contribution is -2.45. The van der Waals surface area contributed by atoms with Crippen LogP contribution in [0.25, 0.3) is 0 Å². The second kappa shape index (κ2) is 8.14. The van der Waals surface area contributed by atoms with Gasteiger partial charge in [-0.05, 0) is 36.5 Å². The predicted octanol–water partition coefficient (Wildman–Crippen LogP) is 2.53. The fourth-order valence-electron chi connectivity index (χ4n) is 3.04. The van der Waals surface area contributed by atoms with Crippen molar-refractivity contribution in [2.24, 2.45) is 5.92 Å². The third-order valence-electron chi connectivity index (χ3n) is 4.59. The van der Waals surface area contributed by atoms with Crippen LogP contribution < -0.4 is 10.2 Å². The minimum atomic E-state index is -1.07. The Morgan fingerprint density at radius 1 is 1.28 bits per heavy atom. The van der Waals surface area contributed by atoms with Gasteiger partial charge < -0.3 is 15.3 Å². The molecule has 1 saturated heterocycles. The maximum atomic E-state index is 12.6. The number of hydrogen-bond donors (Lipinski definition) is 2. The quantitative estimate of drug-likeness (QED) is 0.743. The standard InChI is InChI=1S/C19H26N2O4/c1-4-5-16(19(24)25)20-17(22)15-10-11-21(18(15)23)14-8-6-13(7-9-14)12(2)3/h6-9,12,15-16H,4-5,10-11H2,1-3H3,(H,20,22)(H,24,25). The summed E-state index contributed by atoms with van der Waals surface area (Å²) in [6.45, 7) is 6.52. The summed E-state index contributed by atoms with van der Waals surface area (Å²) in [6, 6.07) is 6.82. The van der Waals surface area contributed by atoms with E-state index in [2.05, 4.69) is 19.2 Å². The number of carboxylic acid groups (broad SMARTS) is 1. The molecule has 2 rings (SSSR count). The van der Waals surface area contributed by atoms with E-state index in [9.17, 15) is 14.4 Å². The van der Waals surface area contributed by atoms with Gasteiger partial charge in [-0.2, -0.15) is 0 Å². The highest BCUT2D eigenvalue weighted by atomic mass is 16.4. The molecule has 1 aromatic rings. The van der Waals surface area contributed by atoms with Gasteiger partial charge in [0.05, 0.1) is 0 Å². The summed E-state index contributed by atoms with van der Waals surface area (Å²) >= 11 is 0. The van der Waals surface area contributed by atoms with Crippen LogP contribution >= 0.6 is 0 Å². The van der Waals surface area contributed by atoms with Crippen molar-refractivity contribution in [3.05, 3.63) is 29.8 Å². The molecule has 1 aliphatic rings. The van der Waals surface area contributed by atoms with E-state index in [1.54, 1.807) is 4.90 Å². The number of nitrogens with one attached hydrogen (secondary N) is 1. The van der Waals surface area contributed by atoms with Crippen LogP contribution in [0.15, 0.2) is 24.3 Å². The lowest BCUT2D eigenvalue weighted by Gasteiger charge is -2.19. The van der Waals surface area contributed by atoms with Crippen LogP contribution in [0.2, 0.25) is 0 Å². The average molecular weight is 346 g/mol. The van der Waals surface area contributed by atoms with E-state index < -0.39 is 23.8 Å². The molecule has 6 heteroatoms. The number of carbonyl (C=O) groups excluding carboxylic acids is 2. The molecule has 0 spiro atoms. The number of aliphatic carboxylic acids is 1. The normalized spacial score (nSPS) is 18.5. The summed E-state index contributed by atoms with van der Waals surface area (Å²) < 4.78 is 0. The first-order chi connectivity index (χ1) is 11.8. The third-order valence-corrected chi connectivity index (χ3v) is 4.59. The molecule has 0 radical (unpaired) electrons. The molecule has 1 aromatic carbocycles. The molecule has 1 aliphatic heterocycles. The van der Waals surface area contributed by atoms with Crippen LogP contribution in [0.1, 0.15) is 51.5 Å². The second-order valence-electron chi connectivity index (χ2n) is 6.77. The number of amides is 2. The van der Waals surface area contributed by atoms with Crippen LogP contribution in [-0.2, 0) is 14.4 Å². The molecular weight excluding hydrogens is 320 g/mol. The van der Waals surface area contributed by atoms with Crippen molar-refractivity contribution in [2.45, 2.75) is 52.0 Å². The summed E-state index contributed by atoms with van der Waals surface area (Å²) in [5.74, 6) is -2.23. The molecule has 0 saturated carbocycles. The SMILES string of the molecule is CCCC(NC(=O)C1CCN(c2ccc(C(C)C)cc2)C1=O)C(=O)O. The molecule has 1 heterocycles. The van der Waals surface area contributed by atoms with Crippen LogP contribution in [0, 0.1) is 5.92 Å². The molecule has 25 heavy (non-hydrogen) atoms. The number of benzene rings is 1. The van der Waals surface area contributed by atoms with Gasteiger partial charge >= 0.3 is 5.97 Å². The number of carbonyl (C=O) groups is 3. The Morgan fingerprint density at radius 2 is 1.92 bits per heavy atom. The summed E-state index contributed by atoms with van der Waals surface area (Å²) in [7, 11) is 0. The van der Waals surface area contributed by atoms with Crippen LogP contribution in [0.3, 0.4) is 0 Å². The first-order valence-electron chi connectivity index (χ1n) is 8.79. The molecule has 6 nitrogen and oxygen atoms in total. The summed E-state index contributed by atoms with van der Waals surface area (Å²) in [6.07, 6.45) is 1.39. The zero-order valence-corrected chi connectivity index (χ0v) is 15.0. The van der Waals surface area contributed by atoms with Crippen molar-refractivity contribution in [3.63, 3.8) is 0 Å². The lowest BCUT2D eigenvalue weighted by molar-refractivity contribution is -0.143. The smallest absolute Gasteiger partial charge is 0.326 e. The summed E-state index contributed by atoms with van der Waals surface area (Å²) in [4.78, 5) is 37.7. The highest BCUT2D eigenvalue weighted by Crippen LogP contribution is 2.27. The Hall–Kier alpha value is -2.37. The minimum Gasteiger partial charge on any atom is -0.480 e. The Balaban J connectivity index is 2.05. The first kappa shape index (κ1) is 19.0. The maximum Gasteiger partial charge on any atom is 0.326 e. The van der Waals surface area contributed by atoms with Crippen molar-refractivity contribution >= 4 is 23.5 Å². The van der Waals surface area contributed by atoms with Crippen LogP contribution in [0.4, 0.5) is 5.69 Å². The average Bonchev–Trinajstić information content (AvgIpc) is 2.96. The van der Waals surface area contributed by atoms with Crippen LogP contribution in [-0.4, -0.2) is 35.5 Å². The van der Waals surface area contributed by atoms with Crippen molar-refractivity contribution in [2.75, 3.05) is 11.4 Å². The lowest BCUT2D eigenvalue weighted by atomic mass is 10.0. The number of carboxylic acids is 1. The molecule has 2 unspecified atom stereocenters. The van der Waals surface area contributed by atoms with E-state index >= 15 is 0 Å². The first-order valence-corrected chi connectivity index (χ1v) is 8.79. The van der Waals surface area contributed by atoms with E-state index in [1.165, 1.54) is 5.56 Å². The van der Waals surface area contributed by atoms with E-state index in [-0.39, 0.29) is 5.91 Å². The van der Waals surface area contributed by atoms with Gasteiger partial charge in [-0.25, -0.2) is 4.79 Å². The molecule has 1 fully saturated rings. The Kier molecular flexibility index (Phi) is 6.17. The zero-order valence-electron chi connectivity index (χ0n) is 15.0. The van der Waals surface area contributed by atoms with E-state index in [4.69, 9.17) is 5.11 Å². The second-order valence-corrected chi connectivity index (χ2v) is 6.77. The van der Waals surface area contributed by atoms with Crippen LogP contribution in [0.5, 0.6) is 0 Å². The number of nitrogens with zero attached hydrogens (tertiary/aromatic N) is 1. The van der Waals surface area contributed by atoms with E-state index in [0.717, 1.165) is 5.69 Å². The minimum absolute atomic E-state index is 0.268. The molecule has 2 amide bonds. The maximum absolute atomic E-state index is 12.6. The molecule has 136 valence electrons. The number of rotatable bonds is 7. The van der Waals surface area contributed by atoms with Crippen molar-refractivity contribution in [1.29, 1.82) is 0 Å². The Labute approximate surface area is 148 Å². The van der Waals surface area contributed by atoms with Gasteiger partial charge in [0.25, 0.3) is 0 Å². The van der Waals surface area contributed by atoms with Gasteiger partial charge in [-0.15, -0.1) is 0 Å². The third kappa shape index (κ3) is 4.38. The van der Waals surface area contributed by atoms with Gasteiger partial charge in [-0.1, -0.05) is 39.3 Å². The fourth-order valence-corrected chi connectivity index (χ4v) is 3.04. The van der Waals surface area contributed by atoms with Gasteiger partial charge in [-0.3, -0.25) is 9.59 Å². The van der Waals surface area contributed by atoms with Gasteiger partial charge in [0.15, 0.2) is 0 Å². The topological polar surface area (TPSA) is 86.7 Å². The Morgan fingerprint density at radius 3 is 2.44 bits per heavy atom. The van der Waals surface area contributed by atoms with Crippen molar-refractivity contribution < 1.29 is 19.5 Å².